The fraction of sp³-hybridized carbons (Fsp3) is 0.700. The highest BCUT2D eigenvalue weighted by atomic mass is 79.9. The van der Waals surface area contributed by atoms with Crippen molar-refractivity contribution in [2.45, 2.75) is 38.5 Å². The van der Waals surface area contributed by atoms with Crippen LogP contribution in [0.15, 0.2) is 15.2 Å². The molecule has 0 saturated carbocycles. The lowest BCUT2D eigenvalue weighted by Crippen LogP contribution is -2.43. The summed E-state index contributed by atoms with van der Waals surface area (Å²) in [6.07, 6.45) is 1.74. The van der Waals surface area contributed by atoms with E-state index in [9.17, 15) is 5.11 Å². The molecule has 0 aliphatic carbocycles. The summed E-state index contributed by atoms with van der Waals surface area (Å²) < 4.78 is 5.86. The summed E-state index contributed by atoms with van der Waals surface area (Å²) in [7, 11) is 0. The zero-order valence-electron chi connectivity index (χ0n) is 8.69. The number of aromatic nitrogens is 1. The summed E-state index contributed by atoms with van der Waals surface area (Å²) in [6, 6.07) is 2.37. The predicted octanol–water partition coefficient (Wildman–Crippen LogP) is 1.78. The van der Waals surface area contributed by atoms with Crippen molar-refractivity contribution in [1.82, 2.24) is 10.1 Å². The van der Waals surface area contributed by atoms with Gasteiger partial charge in [0.05, 0.1) is 12.6 Å². The molecule has 0 bridgehead atoms. The number of piperidine rings is 1. The van der Waals surface area contributed by atoms with Crippen LogP contribution in [0.25, 0.3) is 0 Å². The number of aliphatic hydroxyl groups is 1. The molecule has 0 radical (unpaired) electrons. The predicted molar refractivity (Wildman–Crippen MR) is 59.3 cm³/mol. The molecule has 5 heteroatoms. The number of hydrogen-bond acceptors (Lipinski definition) is 4. The van der Waals surface area contributed by atoms with Gasteiger partial charge in [-0.1, -0.05) is 5.16 Å². The van der Waals surface area contributed by atoms with Gasteiger partial charge in [-0.15, -0.1) is 0 Å². The third-order valence-corrected chi connectivity index (χ3v) is 3.25. The van der Waals surface area contributed by atoms with Crippen LogP contribution in [0.1, 0.15) is 25.5 Å². The second-order valence-electron chi connectivity index (χ2n) is 4.13. The van der Waals surface area contributed by atoms with Crippen molar-refractivity contribution >= 4 is 15.9 Å². The van der Waals surface area contributed by atoms with E-state index in [0.29, 0.717) is 6.04 Å². The molecule has 1 aromatic heterocycles. The molecule has 0 aromatic carbocycles. The van der Waals surface area contributed by atoms with Crippen molar-refractivity contribution in [1.29, 1.82) is 0 Å². The van der Waals surface area contributed by atoms with E-state index in [2.05, 4.69) is 32.9 Å². The van der Waals surface area contributed by atoms with Gasteiger partial charge in [-0.05, 0) is 35.7 Å². The lowest BCUT2D eigenvalue weighted by Gasteiger charge is -2.35. The number of hydrogen-bond donors (Lipinski definition) is 1. The standard InChI is InChI=1S/C10H15BrN2O2/c1-7-2-3-8(14)5-13(7)6-9-4-10(11)12-15-9/h4,7-8,14H,2-3,5-6H2,1H3. The maximum atomic E-state index is 9.58. The van der Waals surface area contributed by atoms with Crippen LogP contribution in [0.2, 0.25) is 0 Å². The Kier molecular flexibility index (Phi) is 3.43. The van der Waals surface area contributed by atoms with Gasteiger partial charge in [-0.3, -0.25) is 4.90 Å². The van der Waals surface area contributed by atoms with Crippen molar-refractivity contribution in [2.24, 2.45) is 0 Å². The molecule has 15 heavy (non-hydrogen) atoms. The van der Waals surface area contributed by atoms with Gasteiger partial charge in [0.25, 0.3) is 0 Å². The molecule has 1 aliphatic heterocycles. The maximum Gasteiger partial charge on any atom is 0.151 e. The SMILES string of the molecule is CC1CCC(O)CN1Cc1cc(Br)no1. The molecule has 2 atom stereocenters. The third-order valence-electron chi connectivity index (χ3n) is 2.88. The highest BCUT2D eigenvalue weighted by molar-refractivity contribution is 9.10. The minimum absolute atomic E-state index is 0.201. The van der Waals surface area contributed by atoms with Crippen LogP contribution in [0, 0.1) is 0 Å². The quantitative estimate of drug-likeness (QED) is 0.893. The Balaban J connectivity index is 1.98. The highest BCUT2D eigenvalue weighted by Crippen LogP contribution is 2.20. The number of halogens is 1. The van der Waals surface area contributed by atoms with Crippen molar-refractivity contribution in [3.63, 3.8) is 0 Å². The van der Waals surface area contributed by atoms with Crippen molar-refractivity contribution in [3.05, 3.63) is 16.4 Å². The third kappa shape index (κ3) is 2.80. The van der Waals surface area contributed by atoms with Crippen LogP contribution < -0.4 is 0 Å². The number of β-amino-alcohol motifs (C(OH)–C–C–N with tert-alkyl or cyclic N) is 1. The van der Waals surface area contributed by atoms with Gasteiger partial charge in [-0.2, -0.15) is 0 Å². The van der Waals surface area contributed by atoms with Crippen molar-refractivity contribution in [3.8, 4) is 0 Å². The molecule has 0 amide bonds. The molecule has 4 nitrogen and oxygen atoms in total. The lowest BCUT2D eigenvalue weighted by molar-refractivity contribution is 0.0318. The van der Waals surface area contributed by atoms with E-state index in [-0.39, 0.29) is 6.10 Å². The molecule has 2 rings (SSSR count). The minimum Gasteiger partial charge on any atom is -0.392 e. The van der Waals surface area contributed by atoms with Crippen molar-refractivity contribution < 1.29 is 9.63 Å². The number of rotatable bonds is 2. The minimum atomic E-state index is -0.201. The first-order valence-corrected chi connectivity index (χ1v) is 5.97. The van der Waals surface area contributed by atoms with Crippen LogP contribution in [0.5, 0.6) is 0 Å². The van der Waals surface area contributed by atoms with E-state index in [0.717, 1.165) is 36.3 Å². The summed E-state index contributed by atoms with van der Waals surface area (Å²) in [5, 5.41) is 13.4. The van der Waals surface area contributed by atoms with Gasteiger partial charge in [0.2, 0.25) is 0 Å². The van der Waals surface area contributed by atoms with E-state index in [1.165, 1.54) is 0 Å². The summed E-state index contributed by atoms with van der Waals surface area (Å²) in [6.45, 7) is 3.62. The highest BCUT2D eigenvalue weighted by Gasteiger charge is 2.24. The summed E-state index contributed by atoms with van der Waals surface area (Å²) in [5.74, 6) is 0.836. The molecule has 1 aliphatic rings. The average molecular weight is 275 g/mol. The molecule has 1 fully saturated rings. The van der Waals surface area contributed by atoms with E-state index in [1.807, 2.05) is 6.07 Å². The molecule has 0 spiro atoms. The van der Waals surface area contributed by atoms with Gasteiger partial charge in [0.15, 0.2) is 5.76 Å². The normalized spacial score (nSPS) is 28.2. The van der Waals surface area contributed by atoms with Crippen LogP contribution in [0.3, 0.4) is 0 Å². The topological polar surface area (TPSA) is 49.5 Å². The average Bonchev–Trinajstić information content (AvgIpc) is 2.58. The summed E-state index contributed by atoms with van der Waals surface area (Å²) in [5.41, 5.74) is 0. The van der Waals surface area contributed by atoms with Gasteiger partial charge in [0, 0.05) is 18.7 Å². The molecule has 1 N–H and O–H groups in total. The largest absolute Gasteiger partial charge is 0.392 e. The van der Waals surface area contributed by atoms with Crippen molar-refractivity contribution in [2.75, 3.05) is 6.54 Å². The molecule has 1 saturated heterocycles. The van der Waals surface area contributed by atoms with Crippen LogP contribution in [-0.2, 0) is 6.54 Å². The molecule has 2 heterocycles. The number of aliphatic hydroxyl groups excluding tert-OH is 1. The zero-order chi connectivity index (χ0) is 10.8. The van der Waals surface area contributed by atoms with Gasteiger partial charge in [0.1, 0.15) is 4.60 Å². The Bertz CT molecular complexity index is 329. The van der Waals surface area contributed by atoms with Gasteiger partial charge in [-0.25, -0.2) is 0 Å². The Labute approximate surface area is 97.4 Å². The second kappa shape index (κ2) is 4.63. The lowest BCUT2D eigenvalue weighted by atomic mass is 10.0. The molecular weight excluding hydrogens is 260 g/mol. The maximum absolute atomic E-state index is 9.58. The first kappa shape index (κ1) is 11.1. The summed E-state index contributed by atoms with van der Waals surface area (Å²) >= 11 is 3.25. The fourth-order valence-electron chi connectivity index (χ4n) is 1.94. The molecule has 2 unspecified atom stereocenters. The van der Waals surface area contributed by atoms with Gasteiger partial charge >= 0.3 is 0 Å². The molecule has 1 aromatic rings. The smallest absolute Gasteiger partial charge is 0.151 e. The van der Waals surface area contributed by atoms with Crippen LogP contribution >= 0.6 is 15.9 Å². The van der Waals surface area contributed by atoms with E-state index in [1.54, 1.807) is 0 Å². The molecular formula is C10H15BrN2O2. The number of nitrogens with zero attached hydrogens (tertiary/aromatic N) is 2. The van der Waals surface area contributed by atoms with Crippen LogP contribution in [-0.4, -0.2) is 33.9 Å². The summed E-state index contributed by atoms with van der Waals surface area (Å²) in [4.78, 5) is 2.22. The fourth-order valence-corrected chi connectivity index (χ4v) is 2.27. The Morgan fingerprint density at radius 2 is 2.47 bits per heavy atom. The van der Waals surface area contributed by atoms with Crippen LogP contribution in [0.4, 0.5) is 0 Å². The van der Waals surface area contributed by atoms with Gasteiger partial charge < -0.3 is 9.63 Å². The first-order valence-electron chi connectivity index (χ1n) is 5.18. The van der Waals surface area contributed by atoms with E-state index < -0.39 is 0 Å². The molecule has 84 valence electrons. The Morgan fingerprint density at radius 1 is 1.67 bits per heavy atom. The number of likely N-dealkylation sites (tertiary alicyclic amines) is 1. The first-order chi connectivity index (χ1) is 7.15. The second-order valence-corrected chi connectivity index (χ2v) is 4.94. The van der Waals surface area contributed by atoms with E-state index >= 15 is 0 Å². The van der Waals surface area contributed by atoms with E-state index in [4.69, 9.17) is 4.52 Å². The Hall–Kier alpha value is -0.390. The monoisotopic (exact) mass is 274 g/mol. The zero-order valence-corrected chi connectivity index (χ0v) is 10.3. The Morgan fingerprint density at radius 3 is 3.13 bits per heavy atom.